The first kappa shape index (κ1) is 20.2. The summed E-state index contributed by atoms with van der Waals surface area (Å²) in [5, 5.41) is 0. The molecule has 142 valence electrons. The van der Waals surface area contributed by atoms with Crippen molar-refractivity contribution in [1.29, 1.82) is 0 Å². The van der Waals surface area contributed by atoms with Crippen molar-refractivity contribution in [2.45, 2.75) is 30.8 Å². The van der Waals surface area contributed by atoms with Gasteiger partial charge >= 0.3 is 0 Å². The molecule has 1 aliphatic heterocycles. The maximum absolute atomic E-state index is 13.3. The zero-order chi connectivity index (χ0) is 18.7. The molecule has 1 aromatic rings. The van der Waals surface area contributed by atoms with Gasteiger partial charge in [-0.3, -0.25) is 0 Å². The van der Waals surface area contributed by atoms with Gasteiger partial charge in [-0.15, -0.1) is 0 Å². The molecule has 1 unspecified atom stereocenters. The molecule has 2 rings (SSSR count). The summed E-state index contributed by atoms with van der Waals surface area (Å²) in [6.45, 7) is 2.20. The lowest BCUT2D eigenvalue weighted by Crippen LogP contribution is -2.41. The van der Waals surface area contributed by atoms with Gasteiger partial charge in [0.25, 0.3) is 0 Å². The molecule has 1 fully saturated rings. The number of nitrogens with one attached hydrogen (secondary N) is 1. The van der Waals surface area contributed by atoms with E-state index in [0.717, 1.165) is 25.2 Å². The molecule has 0 aromatic heterocycles. The molecule has 1 heterocycles. The van der Waals surface area contributed by atoms with E-state index in [9.17, 15) is 21.2 Å². The van der Waals surface area contributed by atoms with Crippen molar-refractivity contribution in [1.82, 2.24) is 9.03 Å². The highest BCUT2D eigenvalue weighted by atomic mass is 32.2. The van der Waals surface area contributed by atoms with E-state index in [2.05, 4.69) is 4.72 Å². The molecule has 10 heteroatoms. The SMILES string of the molecule is Cc1cc(S(=O)(=O)NCCN(CC2CCCO2)S(C)(=O)=O)ccc1F. The maximum Gasteiger partial charge on any atom is 0.240 e. The van der Waals surface area contributed by atoms with Crippen LogP contribution in [0.2, 0.25) is 0 Å². The van der Waals surface area contributed by atoms with Crippen molar-refractivity contribution in [2.24, 2.45) is 0 Å². The summed E-state index contributed by atoms with van der Waals surface area (Å²) in [6, 6.07) is 3.49. The van der Waals surface area contributed by atoms with Crippen molar-refractivity contribution >= 4 is 20.0 Å². The number of sulfonamides is 2. The van der Waals surface area contributed by atoms with Gasteiger partial charge in [0.05, 0.1) is 17.3 Å². The molecule has 1 aromatic carbocycles. The van der Waals surface area contributed by atoms with E-state index in [4.69, 9.17) is 4.74 Å². The molecule has 1 saturated heterocycles. The first-order valence-corrected chi connectivity index (χ1v) is 11.3. The van der Waals surface area contributed by atoms with Crippen molar-refractivity contribution in [3.05, 3.63) is 29.6 Å². The number of halogens is 1. The highest BCUT2D eigenvalue weighted by molar-refractivity contribution is 7.89. The number of aryl methyl sites for hydroxylation is 1. The lowest BCUT2D eigenvalue weighted by molar-refractivity contribution is 0.0943. The van der Waals surface area contributed by atoms with E-state index in [1.54, 1.807) is 0 Å². The van der Waals surface area contributed by atoms with Crippen LogP contribution in [0.1, 0.15) is 18.4 Å². The van der Waals surface area contributed by atoms with Crippen molar-refractivity contribution in [3.8, 4) is 0 Å². The third kappa shape index (κ3) is 5.71. The van der Waals surface area contributed by atoms with Gasteiger partial charge in [-0.2, -0.15) is 4.31 Å². The van der Waals surface area contributed by atoms with Gasteiger partial charge in [0.2, 0.25) is 20.0 Å². The fourth-order valence-corrected chi connectivity index (χ4v) is 4.55. The number of rotatable bonds is 8. The minimum Gasteiger partial charge on any atom is -0.377 e. The van der Waals surface area contributed by atoms with Crippen LogP contribution in [0.15, 0.2) is 23.1 Å². The Morgan fingerprint density at radius 1 is 1.32 bits per heavy atom. The smallest absolute Gasteiger partial charge is 0.240 e. The Labute approximate surface area is 148 Å². The Bertz CT molecular complexity index is 805. The number of benzene rings is 1. The minimum absolute atomic E-state index is 0.00188. The van der Waals surface area contributed by atoms with Gasteiger partial charge in [0, 0.05) is 26.2 Å². The molecule has 0 bridgehead atoms. The number of hydrogen-bond donors (Lipinski definition) is 1. The van der Waals surface area contributed by atoms with Crippen molar-refractivity contribution in [2.75, 3.05) is 32.5 Å². The molecule has 0 radical (unpaired) electrons. The van der Waals surface area contributed by atoms with E-state index in [0.29, 0.717) is 6.61 Å². The van der Waals surface area contributed by atoms with Gasteiger partial charge in [-0.05, 0) is 43.5 Å². The van der Waals surface area contributed by atoms with E-state index in [1.807, 2.05) is 0 Å². The Morgan fingerprint density at radius 3 is 2.60 bits per heavy atom. The van der Waals surface area contributed by atoms with Gasteiger partial charge < -0.3 is 4.74 Å². The third-order valence-electron chi connectivity index (χ3n) is 3.99. The van der Waals surface area contributed by atoms with E-state index >= 15 is 0 Å². The Kier molecular flexibility index (Phi) is 6.55. The molecule has 1 N–H and O–H groups in total. The van der Waals surface area contributed by atoms with Gasteiger partial charge in [0.15, 0.2) is 0 Å². The predicted molar refractivity (Wildman–Crippen MR) is 91.7 cm³/mol. The molecule has 7 nitrogen and oxygen atoms in total. The normalized spacial score (nSPS) is 18.8. The monoisotopic (exact) mass is 394 g/mol. The van der Waals surface area contributed by atoms with Crippen LogP contribution in [0.25, 0.3) is 0 Å². The minimum atomic E-state index is -3.84. The fourth-order valence-electron chi connectivity index (χ4n) is 2.58. The van der Waals surface area contributed by atoms with Crippen LogP contribution in [0.3, 0.4) is 0 Å². The quantitative estimate of drug-likeness (QED) is 0.706. The second kappa shape index (κ2) is 8.09. The summed E-state index contributed by atoms with van der Waals surface area (Å²) in [5.41, 5.74) is 0.221. The first-order chi connectivity index (χ1) is 11.6. The first-order valence-electron chi connectivity index (χ1n) is 7.92. The van der Waals surface area contributed by atoms with Crippen LogP contribution in [-0.2, 0) is 24.8 Å². The summed E-state index contributed by atoms with van der Waals surface area (Å²) in [6.07, 6.45) is 2.59. The summed E-state index contributed by atoms with van der Waals surface area (Å²) >= 11 is 0. The number of hydrogen-bond acceptors (Lipinski definition) is 5. The maximum atomic E-state index is 13.3. The van der Waals surface area contributed by atoms with Crippen molar-refractivity contribution in [3.63, 3.8) is 0 Å². The van der Waals surface area contributed by atoms with Gasteiger partial charge in [-0.1, -0.05) is 0 Å². The van der Waals surface area contributed by atoms with Crippen LogP contribution >= 0.6 is 0 Å². The van der Waals surface area contributed by atoms with Crippen LogP contribution in [0.5, 0.6) is 0 Å². The fraction of sp³-hybridized carbons (Fsp3) is 0.600. The second-order valence-electron chi connectivity index (χ2n) is 6.06. The molecule has 1 aliphatic rings. The Balaban J connectivity index is 1.98. The molecular formula is C15H23FN2O5S2. The zero-order valence-corrected chi connectivity index (χ0v) is 15.9. The Hall–Kier alpha value is -1.07. The summed E-state index contributed by atoms with van der Waals surface area (Å²) in [4.78, 5) is -0.0589. The predicted octanol–water partition coefficient (Wildman–Crippen LogP) is 0.853. The largest absolute Gasteiger partial charge is 0.377 e. The van der Waals surface area contributed by atoms with E-state index < -0.39 is 25.9 Å². The van der Waals surface area contributed by atoms with Gasteiger partial charge in [0.1, 0.15) is 5.82 Å². The summed E-state index contributed by atoms with van der Waals surface area (Å²) in [5.74, 6) is -0.487. The highest BCUT2D eigenvalue weighted by Crippen LogP contribution is 2.16. The van der Waals surface area contributed by atoms with Crippen LogP contribution in [0.4, 0.5) is 4.39 Å². The van der Waals surface area contributed by atoms with Gasteiger partial charge in [-0.25, -0.2) is 25.9 Å². The average molecular weight is 394 g/mol. The number of ether oxygens (including phenoxy) is 1. The molecular weight excluding hydrogens is 371 g/mol. The topological polar surface area (TPSA) is 92.8 Å². The standard InChI is InChI=1S/C15H23FN2O5S2/c1-12-10-14(5-6-15(12)16)25(21,22)17-7-8-18(24(2,19)20)11-13-4-3-9-23-13/h5-6,10,13,17H,3-4,7-9,11H2,1-2H3. The van der Waals surface area contributed by atoms with Crippen LogP contribution < -0.4 is 4.72 Å². The van der Waals surface area contributed by atoms with Crippen LogP contribution in [-0.4, -0.2) is 59.7 Å². The summed E-state index contributed by atoms with van der Waals surface area (Å²) < 4.78 is 70.5. The lowest BCUT2D eigenvalue weighted by Gasteiger charge is -2.23. The molecule has 0 amide bonds. The molecule has 0 aliphatic carbocycles. The molecule has 1 atom stereocenters. The number of nitrogens with zero attached hydrogens (tertiary/aromatic N) is 1. The molecule has 0 spiro atoms. The zero-order valence-electron chi connectivity index (χ0n) is 14.2. The van der Waals surface area contributed by atoms with E-state index in [-0.39, 0.29) is 36.2 Å². The Morgan fingerprint density at radius 2 is 2.04 bits per heavy atom. The van der Waals surface area contributed by atoms with Crippen molar-refractivity contribution < 1.29 is 26.0 Å². The lowest BCUT2D eigenvalue weighted by atomic mass is 10.2. The molecule has 0 saturated carbocycles. The van der Waals surface area contributed by atoms with Crippen LogP contribution in [0, 0.1) is 12.7 Å². The average Bonchev–Trinajstić information content (AvgIpc) is 3.01. The second-order valence-corrected chi connectivity index (χ2v) is 9.81. The summed E-state index contributed by atoms with van der Waals surface area (Å²) in [7, 11) is -7.32. The molecule has 25 heavy (non-hydrogen) atoms. The highest BCUT2D eigenvalue weighted by Gasteiger charge is 2.25. The third-order valence-corrected chi connectivity index (χ3v) is 6.72. The van der Waals surface area contributed by atoms with E-state index in [1.165, 1.54) is 23.4 Å².